The molecular formula is C10H8Cl2F3NO. The molecular weight excluding hydrogens is 278 g/mol. The molecule has 7 heteroatoms. The van der Waals surface area contributed by atoms with Crippen LogP contribution >= 0.6 is 23.2 Å². The molecule has 0 heterocycles. The second kappa shape index (κ2) is 5.60. The lowest BCUT2D eigenvalue weighted by Crippen LogP contribution is -2.16. The van der Waals surface area contributed by atoms with Crippen molar-refractivity contribution in [3.63, 3.8) is 0 Å². The second-order valence-electron chi connectivity index (χ2n) is 3.29. The maximum atomic E-state index is 11.9. The minimum Gasteiger partial charge on any atom is -0.325 e. The van der Waals surface area contributed by atoms with E-state index in [0.717, 1.165) is 0 Å². The summed E-state index contributed by atoms with van der Waals surface area (Å²) < 4.78 is 35.6. The van der Waals surface area contributed by atoms with E-state index in [1.807, 2.05) is 0 Å². The standard InChI is InChI=1S/C10H8Cl2F3NO/c11-6-1-2-7(12)8(5-6)16-9(17)3-4-10(13,14)15/h1-2,5H,3-4H2,(H,16,17). The summed E-state index contributed by atoms with van der Waals surface area (Å²) in [6, 6.07) is 4.33. The third-order valence-electron chi connectivity index (χ3n) is 1.84. The normalized spacial score (nSPS) is 11.4. The molecule has 0 aliphatic heterocycles. The van der Waals surface area contributed by atoms with Crippen LogP contribution in [0.25, 0.3) is 0 Å². The van der Waals surface area contributed by atoms with Crippen LogP contribution in [0, 0.1) is 0 Å². The average molecular weight is 286 g/mol. The molecule has 1 aromatic rings. The number of carbonyl (C=O) groups is 1. The van der Waals surface area contributed by atoms with E-state index in [9.17, 15) is 18.0 Å². The van der Waals surface area contributed by atoms with Gasteiger partial charge in [-0.25, -0.2) is 0 Å². The van der Waals surface area contributed by atoms with Crippen molar-refractivity contribution in [2.75, 3.05) is 5.32 Å². The van der Waals surface area contributed by atoms with Gasteiger partial charge >= 0.3 is 6.18 Å². The van der Waals surface area contributed by atoms with E-state index in [-0.39, 0.29) is 10.7 Å². The maximum Gasteiger partial charge on any atom is 0.389 e. The Labute approximate surface area is 106 Å². The van der Waals surface area contributed by atoms with E-state index < -0.39 is 24.9 Å². The third-order valence-corrected chi connectivity index (χ3v) is 2.40. The van der Waals surface area contributed by atoms with Gasteiger partial charge in [0.1, 0.15) is 0 Å². The molecule has 0 fully saturated rings. The smallest absolute Gasteiger partial charge is 0.325 e. The number of amides is 1. The molecule has 0 saturated heterocycles. The molecule has 0 radical (unpaired) electrons. The molecule has 0 atom stereocenters. The number of anilines is 1. The fourth-order valence-corrected chi connectivity index (χ4v) is 1.40. The minimum absolute atomic E-state index is 0.200. The number of rotatable bonds is 3. The van der Waals surface area contributed by atoms with Gasteiger partial charge in [-0.2, -0.15) is 13.2 Å². The summed E-state index contributed by atoms with van der Waals surface area (Å²) in [5, 5.41) is 2.82. The van der Waals surface area contributed by atoms with Crippen LogP contribution < -0.4 is 5.32 Å². The Morgan fingerprint density at radius 1 is 1.29 bits per heavy atom. The van der Waals surface area contributed by atoms with Crippen LogP contribution in [0.2, 0.25) is 10.0 Å². The Morgan fingerprint density at radius 3 is 2.53 bits per heavy atom. The maximum absolute atomic E-state index is 11.9. The number of halogens is 5. The zero-order valence-corrected chi connectivity index (χ0v) is 9.96. The van der Waals surface area contributed by atoms with Gasteiger partial charge in [0.15, 0.2) is 0 Å². The fourth-order valence-electron chi connectivity index (χ4n) is 1.06. The van der Waals surface area contributed by atoms with Crippen molar-refractivity contribution in [1.29, 1.82) is 0 Å². The monoisotopic (exact) mass is 285 g/mol. The van der Waals surface area contributed by atoms with Gasteiger partial charge in [0.25, 0.3) is 0 Å². The quantitative estimate of drug-likeness (QED) is 0.883. The van der Waals surface area contributed by atoms with Gasteiger partial charge in [0.05, 0.1) is 17.1 Å². The highest BCUT2D eigenvalue weighted by Crippen LogP contribution is 2.26. The van der Waals surface area contributed by atoms with Gasteiger partial charge in [-0.3, -0.25) is 4.79 Å². The largest absolute Gasteiger partial charge is 0.389 e. The molecule has 0 bridgehead atoms. The van der Waals surface area contributed by atoms with Crippen molar-refractivity contribution in [3.05, 3.63) is 28.2 Å². The summed E-state index contributed by atoms with van der Waals surface area (Å²) in [6.07, 6.45) is -6.17. The lowest BCUT2D eigenvalue weighted by atomic mass is 10.2. The van der Waals surface area contributed by atoms with Gasteiger partial charge in [0, 0.05) is 11.4 Å². The van der Waals surface area contributed by atoms with Crippen LogP contribution in [-0.4, -0.2) is 12.1 Å². The van der Waals surface area contributed by atoms with Gasteiger partial charge in [0.2, 0.25) is 5.91 Å². The highest BCUT2D eigenvalue weighted by Gasteiger charge is 2.27. The highest BCUT2D eigenvalue weighted by atomic mass is 35.5. The van der Waals surface area contributed by atoms with Crippen molar-refractivity contribution >= 4 is 34.8 Å². The molecule has 1 rings (SSSR count). The highest BCUT2D eigenvalue weighted by molar-refractivity contribution is 6.35. The summed E-state index contributed by atoms with van der Waals surface area (Å²) in [7, 11) is 0. The van der Waals surface area contributed by atoms with Gasteiger partial charge < -0.3 is 5.32 Å². The van der Waals surface area contributed by atoms with Crippen LogP contribution in [0.1, 0.15) is 12.8 Å². The van der Waals surface area contributed by atoms with Gasteiger partial charge in [-0.1, -0.05) is 23.2 Å². The van der Waals surface area contributed by atoms with Crippen LogP contribution in [0.5, 0.6) is 0 Å². The molecule has 1 amide bonds. The lowest BCUT2D eigenvalue weighted by molar-refractivity contribution is -0.142. The Balaban J connectivity index is 2.59. The third kappa shape index (κ3) is 5.28. The number of benzene rings is 1. The first-order valence-corrected chi connectivity index (χ1v) is 5.35. The van der Waals surface area contributed by atoms with Crippen molar-refractivity contribution in [2.45, 2.75) is 19.0 Å². The minimum atomic E-state index is -4.35. The van der Waals surface area contributed by atoms with E-state index in [4.69, 9.17) is 23.2 Å². The second-order valence-corrected chi connectivity index (χ2v) is 4.13. The molecule has 94 valence electrons. The van der Waals surface area contributed by atoms with E-state index in [1.54, 1.807) is 0 Å². The van der Waals surface area contributed by atoms with E-state index in [2.05, 4.69) is 5.32 Å². The number of nitrogens with one attached hydrogen (secondary N) is 1. The molecule has 0 saturated carbocycles. The number of carbonyl (C=O) groups excluding carboxylic acids is 1. The molecule has 17 heavy (non-hydrogen) atoms. The Kier molecular flexibility index (Phi) is 4.65. The summed E-state index contributed by atoms with van der Waals surface area (Å²) in [6.45, 7) is 0. The number of hydrogen-bond donors (Lipinski definition) is 1. The SMILES string of the molecule is O=C(CCC(F)(F)F)Nc1cc(Cl)ccc1Cl. The van der Waals surface area contributed by atoms with Crippen LogP contribution in [0.4, 0.5) is 18.9 Å². The summed E-state index contributed by atoms with van der Waals surface area (Å²) in [5.41, 5.74) is 0.200. The van der Waals surface area contributed by atoms with E-state index in [1.165, 1.54) is 18.2 Å². The molecule has 1 N–H and O–H groups in total. The first kappa shape index (κ1) is 14.1. The lowest BCUT2D eigenvalue weighted by Gasteiger charge is -2.09. The summed E-state index contributed by atoms with van der Waals surface area (Å²) in [4.78, 5) is 11.2. The van der Waals surface area contributed by atoms with Crippen LogP contribution in [-0.2, 0) is 4.79 Å². The molecule has 0 unspecified atom stereocenters. The Morgan fingerprint density at radius 2 is 1.94 bits per heavy atom. The molecule has 1 aromatic carbocycles. The zero-order valence-electron chi connectivity index (χ0n) is 8.44. The summed E-state index contributed by atoms with van der Waals surface area (Å²) in [5.74, 6) is -0.758. The predicted octanol–water partition coefficient (Wildman–Crippen LogP) is 4.27. The number of alkyl halides is 3. The van der Waals surface area contributed by atoms with Crippen molar-refractivity contribution < 1.29 is 18.0 Å². The molecule has 0 aromatic heterocycles. The molecule has 2 nitrogen and oxygen atoms in total. The average Bonchev–Trinajstić information content (AvgIpc) is 2.20. The zero-order chi connectivity index (χ0) is 13.1. The van der Waals surface area contributed by atoms with Gasteiger partial charge in [-0.15, -0.1) is 0 Å². The van der Waals surface area contributed by atoms with E-state index >= 15 is 0 Å². The Hall–Kier alpha value is -0.940. The van der Waals surface area contributed by atoms with Crippen LogP contribution in [0.3, 0.4) is 0 Å². The fraction of sp³-hybridized carbons (Fsp3) is 0.300. The molecule has 0 aliphatic rings. The Bertz CT molecular complexity index is 421. The predicted molar refractivity (Wildman–Crippen MR) is 60.4 cm³/mol. The van der Waals surface area contributed by atoms with E-state index in [0.29, 0.717) is 5.02 Å². The van der Waals surface area contributed by atoms with Crippen molar-refractivity contribution in [3.8, 4) is 0 Å². The molecule has 0 aliphatic carbocycles. The van der Waals surface area contributed by atoms with Crippen molar-refractivity contribution in [1.82, 2.24) is 0 Å². The topological polar surface area (TPSA) is 29.1 Å². The molecule has 0 spiro atoms. The first-order valence-electron chi connectivity index (χ1n) is 4.59. The summed E-state index contributed by atoms with van der Waals surface area (Å²) >= 11 is 11.4. The van der Waals surface area contributed by atoms with Crippen molar-refractivity contribution in [2.24, 2.45) is 0 Å². The van der Waals surface area contributed by atoms with Crippen LogP contribution in [0.15, 0.2) is 18.2 Å². The first-order chi connectivity index (χ1) is 7.78. The van der Waals surface area contributed by atoms with Gasteiger partial charge in [-0.05, 0) is 18.2 Å². The number of hydrogen-bond acceptors (Lipinski definition) is 1.